The standard InChI is InChI=1S/C18H18ClN3O/c1-11-3-6-14-16(9-11)21-17(20-14)7-8-18(23)22-15-10-13(19)5-4-12(15)2/h3-6,9-10H,7-8H2,1-2H3,(H,20,21)(H,22,23). The maximum absolute atomic E-state index is 12.1. The van der Waals surface area contributed by atoms with E-state index in [0.717, 1.165) is 28.1 Å². The first-order valence-electron chi connectivity index (χ1n) is 7.52. The molecule has 0 atom stereocenters. The lowest BCUT2D eigenvalue weighted by atomic mass is 10.2. The molecule has 1 aromatic heterocycles. The third-order valence-electron chi connectivity index (χ3n) is 3.75. The molecular weight excluding hydrogens is 310 g/mol. The number of imidazole rings is 1. The van der Waals surface area contributed by atoms with Crippen LogP contribution >= 0.6 is 11.6 Å². The number of H-pyrrole nitrogens is 1. The quantitative estimate of drug-likeness (QED) is 0.746. The fourth-order valence-electron chi connectivity index (χ4n) is 2.47. The third-order valence-corrected chi connectivity index (χ3v) is 3.98. The Morgan fingerprint density at radius 3 is 2.87 bits per heavy atom. The molecule has 0 spiro atoms. The molecule has 0 aliphatic carbocycles. The highest BCUT2D eigenvalue weighted by atomic mass is 35.5. The molecule has 0 fully saturated rings. The third kappa shape index (κ3) is 3.71. The van der Waals surface area contributed by atoms with Gasteiger partial charge in [0.1, 0.15) is 5.82 Å². The van der Waals surface area contributed by atoms with Gasteiger partial charge in [0.05, 0.1) is 11.0 Å². The van der Waals surface area contributed by atoms with Crippen LogP contribution in [0.2, 0.25) is 5.02 Å². The molecule has 118 valence electrons. The zero-order chi connectivity index (χ0) is 16.4. The topological polar surface area (TPSA) is 57.8 Å². The summed E-state index contributed by atoms with van der Waals surface area (Å²) in [5.74, 6) is 0.774. The number of nitrogens with one attached hydrogen (secondary N) is 2. The van der Waals surface area contributed by atoms with Gasteiger partial charge in [-0.15, -0.1) is 0 Å². The van der Waals surface area contributed by atoms with Crippen LogP contribution in [0.15, 0.2) is 36.4 Å². The van der Waals surface area contributed by atoms with Crippen LogP contribution < -0.4 is 5.32 Å². The van der Waals surface area contributed by atoms with Gasteiger partial charge in [0.15, 0.2) is 0 Å². The number of hydrogen-bond donors (Lipinski definition) is 2. The molecule has 1 heterocycles. The second-order valence-corrected chi connectivity index (χ2v) is 6.15. The van der Waals surface area contributed by atoms with Crippen LogP contribution in [0.25, 0.3) is 11.0 Å². The van der Waals surface area contributed by atoms with Gasteiger partial charge in [-0.3, -0.25) is 4.79 Å². The minimum Gasteiger partial charge on any atom is -0.342 e. The Labute approximate surface area is 139 Å². The minimum absolute atomic E-state index is 0.0491. The lowest BCUT2D eigenvalue weighted by Crippen LogP contribution is -2.13. The van der Waals surface area contributed by atoms with Crippen LogP contribution in [0, 0.1) is 13.8 Å². The van der Waals surface area contributed by atoms with Crippen LogP contribution in [0.3, 0.4) is 0 Å². The van der Waals surface area contributed by atoms with Crippen LogP contribution in [-0.2, 0) is 11.2 Å². The maximum atomic E-state index is 12.1. The van der Waals surface area contributed by atoms with E-state index in [1.165, 1.54) is 5.56 Å². The highest BCUT2D eigenvalue weighted by Crippen LogP contribution is 2.20. The summed E-state index contributed by atoms with van der Waals surface area (Å²) in [6, 6.07) is 11.5. The van der Waals surface area contributed by atoms with Crippen molar-refractivity contribution in [1.29, 1.82) is 0 Å². The molecule has 3 aromatic rings. The average Bonchev–Trinajstić information content (AvgIpc) is 2.91. The summed E-state index contributed by atoms with van der Waals surface area (Å²) in [4.78, 5) is 19.9. The monoisotopic (exact) mass is 327 g/mol. The van der Waals surface area contributed by atoms with Gasteiger partial charge in [-0.2, -0.15) is 0 Å². The molecule has 1 amide bonds. The number of aromatic amines is 1. The first-order valence-corrected chi connectivity index (χ1v) is 7.90. The zero-order valence-corrected chi connectivity index (χ0v) is 13.9. The van der Waals surface area contributed by atoms with Gasteiger partial charge in [-0.05, 0) is 49.2 Å². The van der Waals surface area contributed by atoms with Crippen molar-refractivity contribution in [2.45, 2.75) is 26.7 Å². The van der Waals surface area contributed by atoms with E-state index in [0.29, 0.717) is 17.9 Å². The number of aryl methyl sites for hydroxylation is 3. The van der Waals surface area contributed by atoms with Gasteiger partial charge in [-0.25, -0.2) is 4.98 Å². The van der Waals surface area contributed by atoms with E-state index in [1.807, 2.05) is 38.1 Å². The van der Waals surface area contributed by atoms with Gasteiger partial charge in [-0.1, -0.05) is 23.7 Å². The summed E-state index contributed by atoms with van der Waals surface area (Å²) >= 11 is 5.96. The summed E-state index contributed by atoms with van der Waals surface area (Å²) in [5, 5.41) is 3.51. The van der Waals surface area contributed by atoms with Crippen molar-refractivity contribution < 1.29 is 4.79 Å². The maximum Gasteiger partial charge on any atom is 0.224 e. The molecule has 0 saturated carbocycles. The molecule has 2 aromatic carbocycles. The second kappa shape index (κ2) is 6.42. The number of halogens is 1. The second-order valence-electron chi connectivity index (χ2n) is 5.71. The summed E-state index contributed by atoms with van der Waals surface area (Å²) in [7, 11) is 0. The molecule has 2 N–H and O–H groups in total. The van der Waals surface area contributed by atoms with Gasteiger partial charge < -0.3 is 10.3 Å². The van der Waals surface area contributed by atoms with Gasteiger partial charge >= 0.3 is 0 Å². The smallest absolute Gasteiger partial charge is 0.224 e. The number of aromatic nitrogens is 2. The number of carbonyl (C=O) groups excluding carboxylic acids is 1. The Kier molecular flexibility index (Phi) is 4.35. The molecule has 3 rings (SSSR count). The fraction of sp³-hybridized carbons (Fsp3) is 0.222. The molecule has 0 saturated heterocycles. The predicted octanol–water partition coefficient (Wildman–Crippen LogP) is 4.40. The summed E-state index contributed by atoms with van der Waals surface area (Å²) < 4.78 is 0. The molecule has 0 aliphatic rings. The normalized spacial score (nSPS) is 10.9. The summed E-state index contributed by atoms with van der Waals surface area (Å²) in [5.41, 5.74) is 4.86. The van der Waals surface area contributed by atoms with E-state index in [-0.39, 0.29) is 5.91 Å². The van der Waals surface area contributed by atoms with Gasteiger partial charge in [0.25, 0.3) is 0 Å². The van der Waals surface area contributed by atoms with E-state index < -0.39 is 0 Å². The summed E-state index contributed by atoms with van der Waals surface area (Å²) in [6.45, 7) is 3.98. The Balaban J connectivity index is 1.64. The first kappa shape index (κ1) is 15.6. The number of anilines is 1. The Bertz CT molecular complexity index is 870. The number of rotatable bonds is 4. The summed E-state index contributed by atoms with van der Waals surface area (Å²) in [6.07, 6.45) is 0.934. The lowest BCUT2D eigenvalue weighted by Gasteiger charge is -2.08. The van der Waals surface area contributed by atoms with Crippen LogP contribution in [0.5, 0.6) is 0 Å². The largest absolute Gasteiger partial charge is 0.342 e. The Morgan fingerprint density at radius 2 is 2.04 bits per heavy atom. The molecule has 4 nitrogen and oxygen atoms in total. The molecule has 5 heteroatoms. The highest BCUT2D eigenvalue weighted by molar-refractivity contribution is 6.31. The van der Waals surface area contributed by atoms with E-state index in [4.69, 9.17) is 11.6 Å². The highest BCUT2D eigenvalue weighted by Gasteiger charge is 2.08. The number of amides is 1. The van der Waals surface area contributed by atoms with Crippen LogP contribution in [0.4, 0.5) is 5.69 Å². The first-order chi connectivity index (χ1) is 11.0. The van der Waals surface area contributed by atoms with Crippen molar-refractivity contribution in [3.8, 4) is 0 Å². The average molecular weight is 328 g/mol. The van der Waals surface area contributed by atoms with Crippen molar-refractivity contribution in [1.82, 2.24) is 9.97 Å². The number of benzene rings is 2. The molecule has 0 bridgehead atoms. The lowest BCUT2D eigenvalue weighted by molar-refractivity contribution is -0.116. The van der Waals surface area contributed by atoms with E-state index in [1.54, 1.807) is 6.07 Å². The number of nitrogens with zero attached hydrogens (tertiary/aromatic N) is 1. The zero-order valence-electron chi connectivity index (χ0n) is 13.1. The van der Waals surface area contributed by atoms with E-state index in [2.05, 4.69) is 21.4 Å². The van der Waals surface area contributed by atoms with Gasteiger partial charge in [0.2, 0.25) is 5.91 Å². The number of fused-ring (bicyclic) bond motifs is 1. The molecule has 0 radical (unpaired) electrons. The predicted molar refractivity (Wildman–Crippen MR) is 94.0 cm³/mol. The molecule has 23 heavy (non-hydrogen) atoms. The van der Waals surface area contributed by atoms with E-state index in [9.17, 15) is 4.79 Å². The van der Waals surface area contributed by atoms with Gasteiger partial charge in [0, 0.05) is 23.6 Å². The van der Waals surface area contributed by atoms with Crippen molar-refractivity contribution in [3.63, 3.8) is 0 Å². The van der Waals surface area contributed by atoms with Crippen molar-refractivity contribution >= 4 is 34.2 Å². The van der Waals surface area contributed by atoms with Crippen LogP contribution in [0.1, 0.15) is 23.4 Å². The van der Waals surface area contributed by atoms with Crippen molar-refractivity contribution in [3.05, 3.63) is 58.4 Å². The number of carbonyl (C=O) groups is 1. The SMILES string of the molecule is Cc1ccc2nc(CCC(=O)Nc3cc(Cl)ccc3C)[nH]c2c1. The number of hydrogen-bond acceptors (Lipinski definition) is 2. The Hall–Kier alpha value is -2.33. The molecule has 0 aliphatic heterocycles. The Morgan fingerprint density at radius 1 is 1.22 bits per heavy atom. The minimum atomic E-state index is -0.0491. The fourth-order valence-corrected chi connectivity index (χ4v) is 2.64. The van der Waals surface area contributed by atoms with Crippen LogP contribution in [-0.4, -0.2) is 15.9 Å². The van der Waals surface area contributed by atoms with Crippen molar-refractivity contribution in [2.75, 3.05) is 5.32 Å². The molecular formula is C18H18ClN3O. The molecule has 0 unspecified atom stereocenters. The van der Waals surface area contributed by atoms with E-state index >= 15 is 0 Å². The van der Waals surface area contributed by atoms with Crippen molar-refractivity contribution in [2.24, 2.45) is 0 Å².